The Balaban J connectivity index is 4.22. The molecule has 0 aromatic rings. The minimum Gasteiger partial charge on any atom is -0.481 e. The second-order valence-corrected chi connectivity index (χ2v) is 11.3. The van der Waals surface area contributed by atoms with Crippen LogP contribution in [0.25, 0.3) is 0 Å². The van der Waals surface area contributed by atoms with Crippen molar-refractivity contribution in [3.05, 3.63) is 0 Å². The second-order valence-electron chi connectivity index (χ2n) is 11.3. The number of aliphatic carboxylic acids is 4. The lowest BCUT2D eigenvalue weighted by Crippen LogP contribution is -2.44. The monoisotopic (exact) mass is 659 g/mol. The molecule has 0 aliphatic carbocycles. The molecule has 0 unspecified atom stereocenters. The molecule has 10 N–H and O–H groups in total. The third-order valence-electron chi connectivity index (χ3n) is 7.37. The number of hydrazine groups is 1. The maximum absolute atomic E-state index is 12.3. The lowest BCUT2D eigenvalue weighted by molar-refractivity contribution is -0.143. The Labute approximate surface area is 269 Å². The highest BCUT2D eigenvalue weighted by molar-refractivity contribution is 5.86. The molecule has 3 atom stereocenters. The van der Waals surface area contributed by atoms with Crippen molar-refractivity contribution in [3.8, 4) is 0 Å². The predicted octanol–water partition coefficient (Wildman–Crippen LogP) is 1.65. The van der Waals surface area contributed by atoms with Crippen LogP contribution in [0.3, 0.4) is 0 Å². The van der Waals surface area contributed by atoms with Gasteiger partial charge in [-0.05, 0) is 44.9 Å². The SMILES string of the molecule is NN[C@@H](CCCCNC(=O)CC[C@H](NC(=O)CC[C@H](NC(=O)CCCCCCCCCCCCC(=O)O)C(=O)O)C(=O)O)C(=O)O. The highest BCUT2D eigenvalue weighted by Crippen LogP contribution is 2.12. The molecule has 0 aromatic carbocycles. The number of carbonyl (C=O) groups is 7. The first-order chi connectivity index (χ1) is 21.9. The highest BCUT2D eigenvalue weighted by Gasteiger charge is 2.24. The van der Waals surface area contributed by atoms with Crippen LogP contribution in [0.5, 0.6) is 0 Å². The fraction of sp³-hybridized carbons (Fsp3) is 0.767. The Morgan fingerprint density at radius 3 is 1.30 bits per heavy atom. The van der Waals surface area contributed by atoms with E-state index in [0.717, 1.165) is 51.4 Å². The molecular formula is C30H53N5O11. The van der Waals surface area contributed by atoms with E-state index in [0.29, 0.717) is 25.7 Å². The van der Waals surface area contributed by atoms with Gasteiger partial charge in [-0.3, -0.25) is 29.8 Å². The molecule has 0 saturated carbocycles. The van der Waals surface area contributed by atoms with Crippen molar-refractivity contribution >= 4 is 41.6 Å². The number of nitrogens with two attached hydrogens (primary N) is 1. The van der Waals surface area contributed by atoms with E-state index in [-0.39, 0.29) is 51.5 Å². The molecule has 0 bridgehead atoms. The van der Waals surface area contributed by atoms with Crippen molar-refractivity contribution < 1.29 is 54.0 Å². The number of unbranched alkanes of at least 4 members (excludes halogenated alkanes) is 10. The largest absolute Gasteiger partial charge is 0.481 e. The lowest BCUT2D eigenvalue weighted by Gasteiger charge is -2.17. The van der Waals surface area contributed by atoms with Gasteiger partial charge in [-0.2, -0.15) is 0 Å². The molecule has 0 radical (unpaired) electrons. The molecule has 0 heterocycles. The van der Waals surface area contributed by atoms with E-state index in [2.05, 4.69) is 21.4 Å². The zero-order valence-electron chi connectivity index (χ0n) is 26.6. The molecule has 0 aliphatic heterocycles. The lowest BCUT2D eigenvalue weighted by atomic mass is 10.0. The van der Waals surface area contributed by atoms with Crippen LogP contribution in [0, 0.1) is 0 Å². The standard InChI is InChI=1S/C30H53N5O11/c31-35-23(30(45)46)13-11-12-20-32-24(36)18-16-21(28(41)42)34-26(38)19-17-22(29(43)44)33-25(37)14-9-7-5-3-1-2-4-6-8-10-15-27(39)40/h21-23,35H,1-20,31H2,(H,32,36)(H,33,37)(H,34,38)(H,39,40)(H,41,42)(H,43,44)(H,45,46)/t21-,22-,23-/m0/s1. The summed E-state index contributed by atoms with van der Waals surface area (Å²) in [6, 6.07) is -3.57. The summed E-state index contributed by atoms with van der Waals surface area (Å²) in [5, 5.41) is 43.7. The number of carbonyl (C=O) groups excluding carboxylic acids is 3. The summed E-state index contributed by atoms with van der Waals surface area (Å²) < 4.78 is 0. The molecule has 16 heteroatoms. The molecule has 0 saturated heterocycles. The second kappa shape index (κ2) is 26.4. The van der Waals surface area contributed by atoms with Gasteiger partial charge < -0.3 is 36.4 Å². The van der Waals surface area contributed by atoms with E-state index in [1.54, 1.807) is 0 Å². The van der Waals surface area contributed by atoms with Gasteiger partial charge in [0.1, 0.15) is 18.1 Å². The summed E-state index contributed by atoms with van der Waals surface area (Å²) >= 11 is 0. The van der Waals surface area contributed by atoms with Crippen molar-refractivity contribution in [2.24, 2.45) is 5.84 Å². The summed E-state index contributed by atoms with van der Waals surface area (Å²) in [7, 11) is 0. The molecule has 0 aliphatic rings. The van der Waals surface area contributed by atoms with Crippen molar-refractivity contribution in [2.45, 2.75) is 140 Å². The number of carboxylic acids is 4. The Hall–Kier alpha value is -3.79. The molecule has 16 nitrogen and oxygen atoms in total. The number of hydrogen-bond acceptors (Lipinski definition) is 9. The Kier molecular flexibility index (Phi) is 24.3. The molecular weight excluding hydrogens is 606 g/mol. The first-order valence-electron chi connectivity index (χ1n) is 16.1. The summed E-state index contributed by atoms with van der Waals surface area (Å²) in [5.74, 6) is -0.975. The van der Waals surface area contributed by atoms with Crippen molar-refractivity contribution in [1.29, 1.82) is 0 Å². The fourth-order valence-corrected chi connectivity index (χ4v) is 4.64. The highest BCUT2D eigenvalue weighted by atomic mass is 16.4. The van der Waals surface area contributed by atoms with Crippen molar-refractivity contribution in [1.82, 2.24) is 21.4 Å². The topological polar surface area (TPSA) is 275 Å². The van der Waals surface area contributed by atoms with Crippen molar-refractivity contribution in [2.75, 3.05) is 6.54 Å². The Morgan fingerprint density at radius 1 is 0.457 bits per heavy atom. The quantitative estimate of drug-likeness (QED) is 0.0302. The maximum atomic E-state index is 12.3. The fourth-order valence-electron chi connectivity index (χ4n) is 4.64. The predicted molar refractivity (Wildman–Crippen MR) is 166 cm³/mol. The molecule has 0 rings (SSSR count). The van der Waals surface area contributed by atoms with Crippen LogP contribution in [-0.4, -0.2) is 86.7 Å². The van der Waals surface area contributed by atoms with Crippen LogP contribution in [0.15, 0.2) is 0 Å². The van der Waals surface area contributed by atoms with Crippen LogP contribution < -0.4 is 27.2 Å². The van der Waals surface area contributed by atoms with E-state index < -0.39 is 59.7 Å². The number of carboxylic acid groups (broad SMARTS) is 4. The number of amides is 3. The summed E-state index contributed by atoms with van der Waals surface area (Å²) in [5.41, 5.74) is 2.18. The Bertz CT molecular complexity index is 964. The number of nitrogens with one attached hydrogen (secondary N) is 4. The third-order valence-corrected chi connectivity index (χ3v) is 7.37. The smallest absolute Gasteiger partial charge is 0.326 e. The van der Waals surface area contributed by atoms with Gasteiger partial charge in [0.2, 0.25) is 17.7 Å². The van der Waals surface area contributed by atoms with E-state index in [9.17, 15) is 43.8 Å². The van der Waals surface area contributed by atoms with E-state index in [1.807, 2.05) is 0 Å². The van der Waals surface area contributed by atoms with Crippen LogP contribution >= 0.6 is 0 Å². The third kappa shape index (κ3) is 23.6. The van der Waals surface area contributed by atoms with E-state index >= 15 is 0 Å². The van der Waals surface area contributed by atoms with Gasteiger partial charge in [0.05, 0.1) is 0 Å². The van der Waals surface area contributed by atoms with Gasteiger partial charge in [-0.1, -0.05) is 51.4 Å². The first-order valence-corrected chi connectivity index (χ1v) is 16.1. The van der Waals surface area contributed by atoms with Gasteiger partial charge >= 0.3 is 23.9 Å². The van der Waals surface area contributed by atoms with E-state index in [1.165, 1.54) is 0 Å². The normalized spacial score (nSPS) is 12.8. The average molecular weight is 660 g/mol. The molecule has 3 amide bonds. The summed E-state index contributed by atoms with van der Waals surface area (Å²) in [6.07, 6.45) is 9.88. The van der Waals surface area contributed by atoms with Crippen LogP contribution in [0.1, 0.15) is 122 Å². The van der Waals surface area contributed by atoms with Gasteiger partial charge in [0.15, 0.2) is 0 Å². The van der Waals surface area contributed by atoms with Crippen LogP contribution in [-0.2, 0) is 33.6 Å². The van der Waals surface area contributed by atoms with Crippen LogP contribution in [0.2, 0.25) is 0 Å². The van der Waals surface area contributed by atoms with Crippen LogP contribution in [0.4, 0.5) is 0 Å². The number of hydrogen-bond donors (Lipinski definition) is 9. The minimum atomic E-state index is -1.37. The van der Waals surface area contributed by atoms with E-state index in [4.69, 9.17) is 16.1 Å². The maximum Gasteiger partial charge on any atom is 0.326 e. The van der Waals surface area contributed by atoms with Crippen molar-refractivity contribution in [3.63, 3.8) is 0 Å². The summed E-state index contributed by atoms with van der Waals surface area (Å²) in [4.78, 5) is 81.2. The molecule has 264 valence electrons. The zero-order valence-corrected chi connectivity index (χ0v) is 26.6. The minimum absolute atomic E-state index is 0.149. The first kappa shape index (κ1) is 42.2. The molecule has 0 spiro atoms. The Morgan fingerprint density at radius 2 is 0.870 bits per heavy atom. The summed E-state index contributed by atoms with van der Waals surface area (Å²) in [6.45, 7) is 0.252. The molecule has 46 heavy (non-hydrogen) atoms. The van der Waals surface area contributed by atoms with Gasteiger partial charge in [0, 0.05) is 32.2 Å². The molecule has 0 aromatic heterocycles. The van der Waals surface area contributed by atoms with Gasteiger partial charge in [-0.25, -0.2) is 15.0 Å². The average Bonchev–Trinajstić information content (AvgIpc) is 2.98. The zero-order chi connectivity index (χ0) is 34.7. The van der Waals surface area contributed by atoms with Gasteiger partial charge in [0.25, 0.3) is 0 Å². The number of rotatable bonds is 30. The molecule has 0 fully saturated rings. The van der Waals surface area contributed by atoms with Gasteiger partial charge in [-0.15, -0.1) is 0 Å².